The number of benzene rings is 1. The van der Waals surface area contributed by atoms with E-state index in [0.717, 1.165) is 26.1 Å². The molecule has 1 aromatic rings. The zero-order valence-corrected chi connectivity index (χ0v) is 13.5. The van der Waals surface area contributed by atoms with E-state index in [1.165, 1.54) is 5.56 Å². The van der Waals surface area contributed by atoms with Gasteiger partial charge < -0.3 is 10.2 Å². The summed E-state index contributed by atoms with van der Waals surface area (Å²) in [4.78, 5) is 39.0. The van der Waals surface area contributed by atoms with Gasteiger partial charge in [0.25, 0.3) is 5.91 Å². The largest absolute Gasteiger partial charge is 0.340 e. The fourth-order valence-electron chi connectivity index (χ4n) is 3.06. The van der Waals surface area contributed by atoms with Crippen LogP contribution in [0.5, 0.6) is 0 Å². The van der Waals surface area contributed by atoms with E-state index in [0.29, 0.717) is 13.1 Å². The first-order valence-electron chi connectivity index (χ1n) is 8.27. The van der Waals surface area contributed by atoms with Gasteiger partial charge in [-0.25, -0.2) is 4.79 Å². The third-order valence-electron chi connectivity index (χ3n) is 4.52. The molecule has 0 bridgehead atoms. The highest BCUT2D eigenvalue weighted by atomic mass is 16.2. The van der Waals surface area contributed by atoms with Gasteiger partial charge in [0.2, 0.25) is 5.91 Å². The average molecular weight is 330 g/mol. The fraction of sp³-hybridized carbons (Fsp3) is 0.471. The molecular weight excluding hydrogens is 308 g/mol. The standard InChI is InChI=1S/C17H22N4O3/c22-15(12-14-16(23)19-17(24)18-14)21-10-8-20(9-11-21)7-6-13-4-2-1-3-5-13/h1-5,14H,6-12H2,(H2,18,19,23,24)/t14-/m1/s1. The van der Waals surface area contributed by atoms with Crippen molar-refractivity contribution < 1.29 is 14.4 Å². The van der Waals surface area contributed by atoms with Gasteiger partial charge in [-0.05, 0) is 12.0 Å². The van der Waals surface area contributed by atoms with Crippen LogP contribution in [0, 0.1) is 0 Å². The molecule has 3 rings (SSSR count). The third-order valence-corrected chi connectivity index (χ3v) is 4.52. The molecule has 0 radical (unpaired) electrons. The molecule has 2 N–H and O–H groups in total. The van der Waals surface area contributed by atoms with Crippen molar-refractivity contribution in [3.05, 3.63) is 35.9 Å². The highest BCUT2D eigenvalue weighted by Crippen LogP contribution is 2.09. The van der Waals surface area contributed by atoms with Crippen molar-refractivity contribution in [3.63, 3.8) is 0 Å². The molecule has 2 aliphatic heterocycles. The number of hydrogen-bond donors (Lipinski definition) is 2. The Labute approximate surface area is 141 Å². The van der Waals surface area contributed by atoms with Gasteiger partial charge >= 0.3 is 6.03 Å². The number of hydrogen-bond acceptors (Lipinski definition) is 4. The van der Waals surface area contributed by atoms with Crippen LogP contribution in [0.15, 0.2) is 30.3 Å². The van der Waals surface area contributed by atoms with Crippen LogP contribution in [0.4, 0.5) is 4.79 Å². The molecule has 0 aliphatic carbocycles. The van der Waals surface area contributed by atoms with E-state index in [4.69, 9.17) is 0 Å². The average Bonchev–Trinajstić information content (AvgIpc) is 2.91. The number of amides is 4. The second kappa shape index (κ2) is 7.44. The van der Waals surface area contributed by atoms with Crippen LogP contribution in [-0.4, -0.2) is 66.4 Å². The van der Waals surface area contributed by atoms with E-state index in [1.807, 2.05) is 18.2 Å². The molecule has 1 atom stereocenters. The van der Waals surface area contributed by atoms with Crippen molar-refractivity contribution in [3.8, 4) is 0 Å². The minimum atomic E-state index is -0.735. The van der Waals surface area contributed by atoms with Gasteiger partial charge in [-0.1, -0.05) is 30.3 Å². The van der Waals surface area contributed by atoms with Crippen molar-refractivity contribution in [2.45, 2.75) is 18.9 Å². The van der Waals surface area contributed by atoms with Crippen LogP contribution in [0.25, 0.3) is 0 Å². The Morgan fingerprint density at radius 3 is 2.42 bits per heavy atom. The summed E-state index contributed by atoms with van der Waals surface area (Å²) in [6, 6.07) is 9.10. The third kappa shape index (κ3) is 4.11. The smallest absolute Gasteiger partial charge is 0.322 e. The van der Waals surface area contributed by atoms with Gasteiger partial charge in [-0.15, -0.1) is 0 Å². The lowest BCUT2D eigenvalue weighted by Gasteiger charge is -2.35. The summed E-state index contributed by atoms with van der Waals surface area (Å²) < 4.78 is 0. The molecule has 2 aliphatic rings. The topological polar surface area (TPSA) is 81.8 Å². The molecular formula is C17H22N4O3. The summed E-state index contributed by atoms with van der Waals surface area (Å²) in [6.07, 6.45) is 1.03. The summed E-state index contributed by atoms with van der Waals surface area (Å²) >= 11 is 0. The molecule has 2 saturated heterocycles. The summed E-state index contributed by atoms with van der Waals surface area (Å²) in [5.74, 6) is -0.505. The Bertz CT molecular complexity index is 612. The molecule has 24 heavy (non-hydrogen) atoms. The molecule has 128 valence electrons. The number of piperazine rings is 1. The van der Waals surface area contributed by atoms with Crippen molar-refractivity contribution in [1.29, 1.82) is 0 Å². The first kappa shape index (κ1) is 16.4. The number of carbonyl (C=O) groups is 3. The molecule has 4 amide bonds. The Morgan fingerprint density at radius 2 is 1.79 bits per heavy atom. The molecule has 2 heterocycles. The zero-order valence-electron chi connectivity index (χ0n) is 13.5. The summed E-state index contributed by atoms with van der Waals surface area (Å²) in [5, 5.41) is 4.61. The summed E-state index contributed by atoms with van der Waals surface area (Å²) in [7, 11) is 0. The number of carbonyl (C=O) groups excluding carboxylic acids is 3. The molecule has 0 aromatic heterocycles. The summed E-state index contributed by atoms with van der Waals surface area (Å²) in [5.41, 5.74) is 1.32. The van der Waals surface area contributed by atoms with Gasteiger partial charge in [0.1, 0.15) is 6.04 Å². The molecule has 0 spiro atoms. The SMILES string of the molecule is O=C1NC(=O)[C@@H](CC(=O)N2CCN(CCc3ccccc3)CC2)N1. The Hall–Kier alpha value is -2.41. The van der Waals surface area contributed by atoms with E-state index in [-0.39, 0.29) is 12.3 Å². The van der Waals surface area contributed by atoms with Gasteiger partial charge in [0.15, 0.2) is 0 Å². The number of urea groups is 1. The Kier molecular flexibility index (Phi) is 5.10. The fourth-order valence-corrected chi connectivity index (χ4v) is 3.06. The molecule has 0 unspecified atom stereocenters. The molecule has 2 fully saturated rings. The number of nitrogens with one attached hydrogen (secondary N) is 2. The Balaban J connectivity index is 1.40. The zero-order chi connectivity index (χ0) is 16.9. The van der Waals surface area contributed by atoms with Crippen LogP contribution in [0.3, 0.4) is 0 Å². The lowest BCUT2D eigenvalue weighted by atomic mass is 10.1. The van der Waals surface area contributed by atoms with Crippen molar-refractivity contribution in [2.24, 2.45) is 0 Å². The van der Waals surface area contributed by atoms with Gasteiger partial charge in [0, 0.05) is 32.7 Å². The van der Waals surface area contributed by atoms with Crippen molar-refractivity contribution in [1.82, 2.24) is 20.4 Å². The first-order valence-corrected chi connectivity index (χ1v) is 8.27. The quantitative estimate of drug-likeness (QED) is 0.743. The highest BCUT2D eigenvalue weighted by Gasteiger charge is 2.33. The number of rotatable bonds is 5. The lowest BCUT2D eigenvalue weighted by molar-refractivity contribution is -0.135. The molecule has 1 aromatic carbocycles. The lowest BCUT2D eigenvalue weighted by Crippen LogP contribution is -2.50. The molecule has 7 heteroatoms. The van der Waals surface area contributed by atoms with Crippen molar-refractivity contribution in [2.75, 3.05) is 32.7 Å². The second-order valence-electron chi connectivity index (χ2n) is 6.18. The van der Waals surface area contributed by atoms with Crippen LogP contribution in [-0.2, 0) is 16.0 Å². The maximum Gasteiger partial charge on any atom is 0.322 e. The van der Waals surface area contributed by atoms with E-state index in [1.54, 1.807) is 4.90 Å². The van der Waals surface area contributed by atoms with Gasteiger partial charge in [-0.2, -0.15) is 0 Å². The normalized spacial score (nSPS) is 21.5. The van der Waals surface area contributed by atoms with Gasteiger partial charge in [0.05, 0.1) is 6.42 Å². The second-order valence-corrected chi connectivity index (χ2v) is 6.18. The highest BCUT2D eigenvalue weighted by molar-refractivity contribution is 6.05. The first-order chi connectivity index (χ1) is 11.6. The number of imide groups is 1. The van der Waals surface area contributed by atoms with E-state index in [9.17, 15) is 14.4 Å². The predicted molar refractivity (Wildman–Crippen MR) is 88.2 cm³/mol. The van der Waals surface area contributed by atoms with Crippen molar-refractivity contribution >= 4 is 17.8 Å². The van der Waals surface area contributed by atoms with Crippen LogP contribution < -0.4 is 10.6 Å². The summed E-state index contributed by atoms with van der Waals surface area (Å²) in [6.45, 7) is 3.97. The maximum atomic E-state index is 12.3. The predicted octanol–water partition coefficient (Wildman–Crippen LogP) is -0.0286. The van der Waals surface area contributed by atoms with Crippen LogP contribution in [0.1, 0.15) is 12.0 Å². The van der Waals surface area contributed by atoms with Crippen LogP contribution in [0.2, 0.25) is 0 Å². The minimum absolute atomic E-state index is 0.0294. The molecule has 0 saturated carbocycles. The van der Waals surface area contributed by atoms with E-state index >= 15 is 0 Å². The Morgan fingerprint density at radius 1 is 1.08 bits per heavy atom. The number of nitrogens with zero attached hydrogens (tertiary/aromatic N) is 2. The monoisotopic (exact) mass is 330 g/mol. The van der Waals surface area contributed by atoms with E-state index < -0.39 is 18.0 Å². The minimum Gasteiger partial charge on any atom is -0.340 e. The van der Waals surface area contributed by atoms with Crippen LogP contribution >= 0.6 is 0 Å². The maximum absolute atomic E-state index is 12.3. The van der Waals surface area contributed by atoms with Gasteiger partial charge in [-0.3, -0.25) is 19.8 Å². The molecule has 7 nitrogen and oxygen atoms in total. The van der Waals surface area contributed by atoms with E-state index in [2.05, 4.69) is 27.7 Å².